The first-order chi connectivity index (χ1) is 10.1. The van der Waals surface area contributed by atoms with Gasteiger partial charge in [-0.25, -0.2) is 0 Å². The van der Waals surface area contributed by atoms with Gasteiger partial charge in [0, 0.05) is 5.33 Å². The van der Waals surface area contributed by atoms with Gasteiger partial charge in [-0.3, -0.25) is 0 Å². The molecule has 0 heterocycles. The summed E-state index contributed by atoms with van der Waals surface area (Å²) in [5, 5.41) is 1.17. The summed E-state index contributed by atoms with van der Waals surface area (Å²) in [6, 6.07) is 0. The molecule has 0 bridgehead atoms. The Labute approximate surface area is 160 Å². The van der Waals surface area contributed by atoms with Crippen LogP contribution < -0.4 is 17.0 Å². The van der Waals surface area contributed by atoms with E-state index >= 15 is 0 Å². The highest BCUT2D eigenvalue weighted by atomic mass is 79.9. The maximum Gasteiger partial charge on any atom is 0.0782 e. The summed E-state index contributed by atoms with van der Waals surface area (Å²) in [5.74, 6) is 0. The lowest BCUT2D eigenvalue weighted by molar-refractivity contribution is -0.890. The molecule has 0 unspecified atom stereocenters. The zero-order valence-electron chi connectivity index (χ0n) is 15.5. The molecule has 0 rings (SSSR count). The number of quaternary nitrogens is 1. The van der Waals surface area contributed by atoms with Gasteiger partial charge in [0.2, 0.25) is 0 Å². The first-order valence-electron chi connectivity index (χ1n) is 9.50. The predicted molar refractivity (Wildman–Crippen MR) is 101 cm³/mol. The lowest BCUT2D eigenvalue weighted by Gasteiger charge is -2.30. The van der Waals surface area contributed by atoms with Gasteiger partial charge in [-0.2, -0.15) is 0 Å². The molecule has 0 aromatic rings. The van der Waals surface area contributed by atoms with E-state index in [-0.39, 0.29) is 17.0 Å². The zero-order valence-corrected chi connectivity index (χ0v) is 18.7. The van der Waals surface area contributed by atoms with Crippen molar-refractivity contribution in [2.75, 3.05) is 32.5 Å². The Morgan fingerprint density at radius 3 is 1.36 bits per heavy atom. The van der Waals surface area contributed by atoms with Crippen molar-refractivity contribution < 1.29 is 21.5 Å². The van der Waals surface area contributed by atoms with Crippen molar-refractivity contribution in [3.05, 3.63) is 0 Å². The second-order valence-electron chi connectivity index (χ2n) is 7.31. The van der Waals surface area contributed by atoms with Crippen LogP contribution in [0.3, 0.4) is 0 Å². The standard InChI is InChI=1S/C19H41BrN.BrH/c1-4-5-6-7-8-9-10-12-15-18-21(2,3)19-16-13-11-14-17-20;/h4-19H2,1-3H3;1H/q+1;/p-1. The van der Waals surface area contributed by atoms with Crippen LogP contribution in [0.25, 0.3) is 0 Å². The molecule has 0 radical (unpaired) electrons. The van der Waals surface area contributed by atoms with Crippen LogP contribution in [0.4, 0.5) is 0 Å². The first kappa shape index (κ1) is 25.2. The SMILES string of the molecule is CCCCCCCCCCC[N+](C)(C)CCCCCCBr.[Br-]. The smallest absolute Gasteiger partial charge is 0.0782 e. The zero-order chi connectivity index (χ0) is 15.8. The van der Waals surface area contributed by atoms with E-state index in [2.05, 4.69) is 36.9 Å². The van der Waals surface area contributed by atoms with Gasteiger partial charge in [0.05, 0.1) is 27.2 Å². The number of hydrogen-bond acceptors (Lipinski definition) is 0. The van der Waals surface area contributed by atoms with E-state index in [9.17, 15) is 0 Å². The molecule has 0 atom stereocenters. The number of halogens is 2. The molecule has 1 nitrogen and oxygen atoms in total. The summed E-state index contributed by atoms with van der Waals surface area (Å²) in [4.78, 5) is 0. The van der Waals surface area contributed by atoms with Crippen LogP contribution in [0.1, 0.15) is 90.4 Å². The minimum Gasteiger partial charge on any atom is -1.00 e. The highest BCUT2D eigenvalue weighted by molar-refractivity contribution is 9.09. The summed E-state index contributed by atoms with van der Waals surface area (Å²) >= 11 is 3.51. The van der Waals surface area contributed by atoms with E-state index < -0.39 is 0 Å². The fourth-order valence-corrected chi connectivity index (χ4v) is 3.35. The molecule has 0 fully saturated rings. The van der Waals surface area contributed by atoms with Crippen LogP contribution in [0.15, 0.2) is 0 Å². The molecule has 0 aromatic heterocycles. The van der Waals surface area contributed by atoms with Crippen molar-refractivity contribution in [2.24, 2.45) is 0 Å². The minimum absolute atomic E-state index is 0. The van der Waals surface area contributed by atoms with Crippen molar-refractivity contribution in [1.82, 2.24) is 0 Å². The van der Waals surface area contributed by atoms with Crippen LogP contribution >= 0.6 is 15.9 Å². The van der Waals surface area contributed by atoms with Crippen LogP contribution in [0, 0.1) is 0 Å². The molecule has 22 heavy (non-hydrogen) atoms. The molecule has 0 saturated heterocycles. The van der Waals surface area contributed by atoms with Gasteiger partial charge >= 0.3 is 0 Å². The lowest BCUT2D eigenvalue weighted by Crippen LogP contribution is -3.00. The van der Waals surface area contributed by atoms with Gasteiger partial charge < -0.3 is 21.5 Å². The second-order valence-corrected chi connectivity index (χ2v) is 8.11. The van der Waals surface area contributed by atoms with E-state index in [0.717, 1.165) is 0 Å². The van der Waals surface area contributed by atoms with E-state index in [1.807, 2.05) is 0 Å². The number of rotatable bonds is 16. The molecule has 3 heteroatoms. The van der Waals surface area contributed by atoms with E-state index in [4.69, 9.17) is 0 Å². The third-order valence-corrected chi connectivity index (χ3v) is 5.07. The maximum atomic E-state index is 3.51. The Bertz CT molecular complexity index is 208. The Hall–Kier alpha value is 0.920. The normalized spacial score (nSPS) is 11.5. The predicted octanol–water partition coefficient (Wildman–Crippen LogP) is 3.55. The molecule has 0 amide bonds. The second kappa shape index (κ2) is 18.3. The van der Waals surface area contributed by atoms with Crippen LogP contribution in [-0.2, 0) is 0 Å². The molecule has 0 N–H and O–H groups in total. The molecule has 0 aliphatic carbocycles. The third kappa shape index (κ3) is 19.0. The molecule has 0 aromatic carbocycles. The van der Waals surface area contributed by atoms with Gasteiger partial charge in [-0.05, 0) is 32.1 Å². The average Bonchev–Trinajstić information content (AvgIpc) is 2.45. The van der Waals surface area contributed by atoms with Gasteiger partial charge in [-0.1, -0.05) is 74.2 Å². The highest BCUT2D eigenvalue weighted by Gasteiger charge is 2.13. The van der Waals surface area contributed by atoms with E-state index in [0.29, 0.717) is 0 Å². The number of alkyl halides is 1. The van der Waals surface area contributed by atoms with E-state index in [1.54, 1.807) is 0 Å². The Morgan fingerprint density at radius 1 is 0.591 bits per heavy atom. The summed E-state index contributed by atoms with van der Waals surface area (Å²) < 4.78 is 1.23. The fourth-order valence-electron chi connectivity index (χ4n) is 2.95. The van der Waals surface area contributed by atoms with Gasteiger partial charge in [0.25, 0.3) is 0 Å². The monoisotopic (exact) mass is 441 g/mol. The van der Waals surface area contributed by atoms with Gasteiger partial charge in [0.15, 0.2) is 0 Å². The third-order valence-electron chi connectivity index (χ3n) is 4.51. The van der Waals surface area contributed by atoms with Crippen molar-refractivity contribution in [3.8, 4) is 0 Å². The largest absolute Gasteiger partial charge is 1.00 e. The topological polar surface area (TPSA) is 0 Å². The Kier molecular flexibility index (Phi) is 20.9. The molecule has 136 valence electrons. The molecular weight excluding hydrogens is 402 g/mol. The highest BCUT2D eigenvalue weighted by Crippen LogP contribution is 2.12. The molecule has 0 saturated carbocycles. The van der Waals surface area contributed by atoms with Crippen LogP contribution in [-0.4, -0.2) is 37.0 Å². The molecule has 0 aliphatic rings. The van der Waals surface area contributed by atoms with Crippen LogP contribution in [0.5, 0.6) is 0 Å². The maximum absolute atomic E-state index is 3.51. The molecule has 0 spiro atoms. The number of nitrogens with zero attached hydrogens (tertiary/aromatic N) is 1. The quantitative estimate of drug-likeness (QED) is 0.195. The fraction of sp³-hybridized carbons (Fsp3) is 1.00. The van der Waals surface area contributed by atoms with Crippen LogP contribution in [0.2, 0.25) is 0 Å². The van der Waals surface area contributed by atoms with Gasteiger partial charge in [0.1, 0.15) is 0 Å². The Morgan fingerprint density at radius 2 is 0.955 bits per heavy atom. The minimum atomic E-state index is 0. The first-order valence-corrected chi connectivity index (χ1v) is 10.6. The number of unbranched alkanes of at least 4 members (excludes halogenated alkanes) is 11. The van der Waals surface area contributed by atoms with Crippen molar-refractivity contribution >= 4 is 15.9 Å². The Balaban J connectivity index is 0. The molecular formula is C19H41Br2N. The average molecular weight is 443 g/mol. The van der Waals surface area contributed by atoms with E-state index in [1.165, 1.54) is 106 Å². The van der Waals surface area contributed by atoms with Crippen molar-refractivity contribution in [2.45, 2.75) is 90.4 Å². The lowest BCUT2D eigenvalue weighted by atomic mass is 10.1. The van der Waals surface area contributed by atoms with Crippen molar-refractivity contribution in [1.29, 1.82) is 0 Å². The molecule has 0 aliphatic heterocycles. The summed E-state index contributed by atoms with van der Waals surface area (Å²) in [7, 11) is 4.82. The van der Waals surface area contributed by atoms with Crippen molar-refractivity contribution in [3.63, 3.8) is 0 Å². The number of hydrogen-bond donors (Lipinski definition) is 0. The van der Waals surface area contributed by atoms with Gasteiger partial charge in [-0.15, -0.1) is 0 Å². The summed E-state index contributed by atoms with van der Waals surface area (Å²) in [6.45, 7) is 5.02. The summed E-state index contributed by atoms with van der Waals surface area (Å²) in [6.07, 6.45) is 18.5. The summed E-state index contributed by atoms with van der Waals surface area (Å²) in [5.41, 5.74) is 0.